The first-order chi connectivity index (χ1) is 8.10. The van der Waals surface area contributed by atoms with E-state index in [1.165, 1.54) is 18.2 Å². The maximum absolute atomic E-state index is 13.2. The summed E-state index contributed by atoms with van der Waals surface area (Å²) in [6, 6.07) is 5.93. The summed E-state index contributed by atoms with van der Waals surface area (Å²) in [6.07, 6.45) is 0. The van der Waals surface area contributed by atoms with Crippen molar-refractivity contribution >= 4 is 17.4 Å². The molecule has 2 aromatic rings. The van der Waals surface area contributed by atoms with E-state index in [-0.39, 0.29) is 5.82 Å². The molecule has 0 radical (unpaired) electrons. The van der Waals surface area contributed by atoms with Crippen molar-refractivity contribution in [2.24, 2.45) is 0 Å². The van der Waals surface area contributed by atoms with E-state index in [1.54, 1.807) is 20.0 Å². The van der Waals surface area contributed by atoms with Crippen LogP contribution in [0.2, 0.25) is 5.02 Å². The molecule has 0 fully saturated rings. The second kappa shape index (κ2) is 4.67. The fourth-order valence-corrected chi connectivity index (χ4v) is 1.74. The Morgan fingerprint density at radius 2 is 2.00 bits per heavy atom. The van der Waals surface area contributed by atoms with E-state index in [2.05, 4.69) is 15.3 Å². The molecule has 0 saturated carbocycles. The lowest BCUT2D eigenvalue weighted by molar-refractivity contribution is 0.628. The van der Waals surface area contributed by atoms with Crippen LogP contribution in [-0.4, -0.2) is 17.0 Å². The number of rotatable bonds is 2. The Hall–Kier alpha value is -1.68. The van der Waals surface area contributed by atoms with Crippen LogP contribution < -0.4 is 5.32 Å². The summed E-state index contributed by atoms with van der Waals surface area (Å²) >= 11 is 6.03. The van der Waals surface area contributed by atoms with E-state index >= 15 is 0 Å². The number of hydrogen-bond donors (Lipinski definition) is 1. The number of benzene rings is 1. The Morgan fingerprint density at radius 1 is 1.24 bits per heavy atom. The van der Waals surface area contributed by atoms with E-state index in [0.717, 1.165) is 0 Å². The zero-order chi connectivity index (χ0) is 12.4. The van der Waals surface area contributed by atoms with Crippen molar-refractivity contribution in [1.29, 1.82) is 0 Å². The molecule has 0 aliphatic rings. The summed E-state index contributed by atoms with van der Waals surface area (Å²) < 4.78 is 13.2. The number of nitrogens with zero attached hydrogens (tertiary/aromatic N) is 2. The van der Waals surface area contributed by atoms with Gasteiger partial charge in [0, 0.05) is 18.7 Å². The van der Waals surface area contributed by atoms with Gasteiger partial charge in [-0.25, -0.2) is 14.4 Å². The predicted octanol–water partition coefficient (Wildman–Crippen LogP) is 3.29. The van der Waals surface area contributed by atoms with E-state index in [9.17, 15) is 4.39 Å². The number of aromatic nitrogens is 2. The monoisotopic (exact) mass is 251 g/mol. The smallest absolute Gasteiger partial charge is 0.130 e. The molecular formula is C12H11ClFN3. The largest absolute Gasteiger partial charge is 0.373 e. The van der Waals surface area contributed by atoms with Gasteiger partial charge in [-0.15, -0.1) is 0 Å². The van der Waals surface area contributed by atoms with Crippen LogP contribution in [0.1, 0.15) is 5.82 Å². The lowest BCUT2D eigenvalue weighted by Gasteiger charge is -2.07. The molecule has 0 bridgehead atoms. The average molecular weight is 252 g/mol. The third-order valence-electron chi connectivity index (χ3n) is 2.30. The standard InChI is InChI=1S/C12H11ClFN3/c1-7-16-11(6-12(15-2)17-7)9-5-8(14)3-4-10(9)13/h3-6H,1-2H3,(H,15,16,17). The SMILES string of the molecule is CNc1cc(-c2cc(F)ccc2Cl)nc(C)n1. The molecule has 3 nitrogen and oxygen atoms in total. The highest BCUT2D eigenvalue weighted by molar-refractivity contribution is 6.33. The van der Waals surface area contributed by atoms with Crippen LogP contribution in [-0.2, 0) is 0 Å². The molecule has 1 aromatic carbocycles. The molecule has 0 aliphatic heterocycles. The van der Waals surface area contributed by atoms with Crippen LogP contribution in [0.3, 0.4) is 0 Å². The number of anilines is 1. The second-order valence-corrected chi connectivity index (χ2v) is 3.97. The molecule has 0 unspecified atom stereocenters. The average Bonchev–Trinajstić information content (AvgIpc) is 2.31. The topological polar surface area (TPSA) is 37.8 Å². The van der Waals surface area contributed by atoms with Crippen molar-refractivity contribution in [3.8, 4) is 11.3 Å². The zero-order valence-electron chi connectivity index (χ0n) is 9.46. The van der Waals surface area contributed by atoms with Crippen molar-refractivity contribution in [1.82, 2.24) is 9.97 Å². The normalized spacial score (nSPS) is 10.4. The van der Waals surface area contributed by atoms with E-state index < -0.39 is 0 Å². The van der Waals surface area contributed by atoms with Gasteiger partial charge in [-0.1, -0.05) is 11.6 Å². The van der Waals surface area contributed by atoms with Gasteiger partial charge in [-0.05, 0) is 25.1 Å². The van der Waals surface area contributed by atoms with Crippen LogP contribution in [0.15, 0.2) is 24.3 Å². The summed E-state index contributed by atoms with van der Waals surface area (Å²) in [7, 11) is 1.76. The van der Waals surface area contributed by atoms with E-state index in [4.69, 9.17) is 11.6 Å². The van der Waals surface area contributed by atoms with Crippen molar-refractivity contribution in [3.05, 3.63) is 40.9 Å². The first-order valence-corrected chi connectivity index (χ1v) is 5.47. The molecule has 1 N–H and O–H groups in total. The Morgan fingerprint density at radius 3 is 2.71 bits per heavy atom. The van der Waals surface area contributed by atoms with Crippen molar-refractivity contribution in [2.75, 3.05) is 12.4 Å². The van der Waals surface area contributed by atoms with Crippen molar-refractivity contribution < 1.29 is 4.39 Å². The highest BCUT2D eigenvalue weighted by Gasteiger charge is 2.08. The highest BCUT2D eigenvalue weighted by Crippen LogP contribution is 2.28. The molecule has 2 rings (SSSR count). The Balaban J connectivity index is 2.59. The number of hydrogen-bond acceptors (Lipinski definition) is 3. The minimum atomic E-state index is -0.341. The fraction of sp³-hybridized carbons (Fsp3) is 0.167. The first-order valence-electron chi connectivity index (χ1n) is 5.09. The number of nitrogens with one attached hydrogen (secondary N) is 1. The van der Waals surface area contributed by atoms with Gasteiger partial charge in [-0.3, -0.25) is 0 Å². The number of halogens is 2. The van der Waals surface area contributed by atoms with Crippen LogP contribution in [0.5, 0.6) is 0 Å². The Kier molecular flexibility index (Phi) is 3.24. The summed E-state index contributed by atoms with van der Waals surface area (Å²) in [5.41, 5.74) is 1.17. The van der Waals surface area contributed by atoms with Gasteiger partial charge in [0.1, 0.15) is 17.5 Å². The van der Waals surface area contributed by atoms with Crippen LogP contribution in [0.25, 0.3) is 11.3 Å². The lowest BCUT2D eigenvalue weighted by atomic mass is 10.1. The molecule has 5 heteroatoms. The molecule has 1 aromatic heterocycles. The van der Waals surface area contributed by atoms with Crippen LogP contribution >= 0.6 is 11.6 Å². The molecule has 0 saturated heterocycles. The molecule has 1 heterocycles. The third-order valence-corrected chi connectivity index (χ3v) is 2.63. The van der Waals surface area contributed by atoms with Gasteiger partial charge >= 0.3 is 0 Å². The first kappa shape index (κ1) is 11.8. The van der Waals surface area contributed by atoms with Crippen LogP contribution in [0, 0.1) is 12.7 Å². The molecular weight excluding hydrogens is 241 g/mol. The summed E-state index contributed by atoms with van der Waals surface area (Å²) in [4.78, 5) is 8.42. The van der Waals surface area contributed by atoms with Gasteiger partial charge < -0.3 is 5.32 Å². The molecule has 0 atom stereocenters. The third kappa shape index (κ3) is 2.53. The van der Waals surface area contributed by atoms with Gasteiger partial charge in [0.2, 0.25) is 0 Å². The van der Waals surface area contributed by atoms with Crippen LogP contribution in [0.4, 0.5) is 10.2 Å². The minimum Gasteiger partial charge on any atom is -0.373 e. The predicted molar refractivity (Wildman–Crippen MR) is 66.7 cm³/mol. The maximum atomic E-state index is 13.2. The second-order valence-electron chi connectivity index (χ2n) is 3.56. The zero-order valence-corrected chi connectivity index (χ0v) is 10.2. The molecule has 0 aliphatic carbocycles. The minimum absolute atomic E-state index is 0.341. The molecule has 17 heavy (non-hydrogen) atoms. The quantitative estimate of drug-likeness (QED) is 0.890. The van der Waals surface area contributed by atoms with Gasteiger partial charge in [0.25, 0.3) is 0 Å². The van der Waals surface area contributed by atoms with Gasteiger partial charge in [0.05, 0.1) is 10.7 Å². The number of aryl methyl sites for hydroxylation is 1. The summed E-state index contributed by atoms with van der Waals surface area (Å²) in [5, 5.41) is 3.39. The molecule has 0 amide bonds. The lowest BCUT2D eigenvalue weighted by Crippen LogP contribution is -1.98. The molecule has 0 spiro atoms. The highest BCUT2D eigenvalue weighted by atomic mass is 35.5. The summed E-state index contributed by atoms with van der Waals surface area (Å²) in [6.45, 7) is 1.78. The van der Waals surface area contributed by atoms with Crippen molar-refractivity contribution in [2.45, 2.75) is 6.92 Å². The maximum Gasteiger partial charge on any atom is 0.130 e. The Labute approximate surface area is 104 Å². The van der Waals surface area contributed by atoms with Gasteiger partial charge in [-0.2, -0.15) is 0 Å². The molecule has 88 valence electrons. The summed E-state index contributed by atoms with van der Waals surface area (Å²) in [5.74, 6) is 0.937. The van der Waals surface area contributed by atoms with E-state index in [0.29, 0.717) is 27.9 Å². The van der Waals surface area contributed by atoms with Gasteiger partial charge in [0.15, 0.2) is 0 Å². The van der Waals surface area contributed by atoms with E-state index in [1.807, 2.05) is 0 Å². The van der Waals surface area contributed by atoms with Crippen molar-refractivity contribution in [3.63, 3.8) is 0 Å². The Bertz CT molecular complexity index is 557. The fourth-order valence-electron chi connectivity index (χ4n) is 1.53.